The molecule has 1 heterocycles. The molecule has 0 bridgehead atoms. The van der Waals surface area contributed by atoms with Gasteiger partial charge in [0.15, 0.2) is 0 Å². The fourth-order valence-corrected chi connectivity index (χ4v) is 2.92. The van der Waals surface area contributed by atoms with E-state index in [1.165, 1.54) is 12.2 Å². The predicted octanol–water partition coefficient (Wildman–Crippen LogP) is 3.84. The summed E-state index contributed by atoms with van der Waals surface area (Å²) in [5.41, 5.74) is 1.12. The number of benzene rings is 1. The lowest BCUT2D eigenvalue weighted by Crippen LogP contribution is -2.33. The Bertz CT molecular complexity index is 843. The molecular weight excluding hydrogens is 420 g/mol. The van der Waals surface area contributed by atoms with E-state index < -0.39 is 12.6 Å². The van der Waals surface area contributed by atoms with Gasteiger partial charge >= 0.3 is 0 Å². The summed E-state index contributed by atoms with van der Waals surface area (Å²) in [6.07, 6.45) is 5.50. The first-order chi connectivity index (χ1) is 14.1. The quantitative estimate of drug-likeness (QED) is 0.345. The van der Waals surface area contributed by atoms with Gasteiger partial charge in [0.25, 0.3) is 5.91 Å². The van der Waals surface area contributed by atoms with Gasteiger partial charge in [-0.15, -0.1) is 0 Å². The number of carbonyl (C=O) groups excluding carboxylic acids is 1. The maximum Gasteiger partial charge on any atom is 0.264 e. The highest BCUT2D eigenvalue weighted by Gasteiger charge is 2.24. The summed E-state index contributed by atoms with van der Waals surface area (Å²) < 4.78 is 18.6. The summed E-state index contributed by atoms with van der Waals surface area (Å²) in [7, 11) is 0. The molecule has 1 aromatic heterocycles. The lowest BCUT2D eigenvalue weighted by Gasteiger charge is -2.23. The highest BCUT2D eigenvalue weighted by Crippen LogP contribution is 2.23. The Morgan fingerprint density at radius 3 is 2.52 bits per heavy atom. The van der Waals surface area contributed by atoms with Crippen LogP contribution in [0.15, 0.2) is 60.6 Å². The number of halogens is 3. The molecule has 2 aromatic rings. The Labute approximate surface area is 178 Å². The van der Waals surface area contributed by atoms with E-state index in [1.54, 1.807) is 6.08 Å². The first-order valence-corrected chi connectivity index (χ1v) is 9.47. The number of carbonyl (C=O) groups is 1. The van der Waals surface area contributed by atoms with Crippen molar-refractivity contribution in [2.24, 2.45) is 0 Å². The number of rotatable bonds is 10. The van der Waals surface area contributed by atoms with Crippen LogP contribution in [0.3, 0.4) is 0 Å². The van der Waals surface area contributed by atoms with Crippen molar-refractivity contribution in [2.75, 3.05) is 26.4 Å². The van der Waals surface area contributed by atoms with E-state index in [0.29, 0.717) is 6.61 Å². The van der Waals surface area contributed by atoms with Crippen LogP contribution in [0, 0.1) is 0 Å². The van der Waals surface area contributed by atoms with Gasteiger partial charge in [-0.2, -0.15) is 0 Å². The van der Waals surface area contributed by atoms with Gasteiger partial charge in [0, 0.05) is 12.2 Å². The Morgan fingerprint density at radius 2 is 1.90 bits per heavy atom. The molecule has 0 spiro atoms. The van der Waals surface area contributed by atoms with Gasteiger partial charge in [-0.1, -0.05) is 59.6 Å². The van der Waals surface area contributed by atoms with E-state index in [4.69, 9.17) is 27.9 Å². The van der Waals surface area contributed by atoms with Crippen LogP contribution in [-0.2, 0) is 11.3 Å². The molecular formula is C20H20Cl2FN3O3. The van der Waals surface area contributed by atoms with Crippen molar-refractivity contribution < 1.29 is 19.0 Å². The molecule has 1 aromatic carbocycles. The number of aliphatic hydroxyl groups excluding tert-OH is 1. The molecule has 1 N–H and O–H groups in total. The van der Waals surface area contributed by atoms with Crippen molar-refractivity contribution in [3.05, 3.63) is 82.0 Å². The molecule has 0 fully saturated rings. The number of alkyl halides is 1. The smallest absolute Gasteiger partial charge is 0.264 e. The van der Waals surface area contributed by atoms with Gasteiger partial charge in [-0.3, -0.25) is 4.79 Å². The standard InChI is InChI=1S/C20H20Cl2FN3O3/c21-18-17(19(22)25-14-24-18)20(28)26(10-11-27)16(8-9-23)7-4-12-29-13-15-5-2-1-3-6-15/h1-8,14,27H,9-13H2/b7-4-,16-8+. The average molecular weight is 440 g/mol. The second kappa shape index (κ2) is 12.3. The van der Waals surface area contributed by atoms with Crippen molar-refractivity contribution in [3.8, 4) is 0 Å². The second-order valence-corrected chi connectivity index (χ2v) is 6.41. The molecule has 0 radical (unpaired) electrons. The molecule has 29 heavy (non-hydrogen) atoms. The number of aromatic nitrogens is 2. The van der Waals surface area contributed by atoms with E-state index in [2.05, 4.69) is 9.97 Å². The highest BCUT2D eigenvalue weighted by molar-refractivity contribution is 6.38. The van der Waals surface area contributed by atoms with Crippen LogP contribution in [0.5, 0.6) is 0 Å². The summed E-state index contributed by atoms with van der Waals surface area (Å²) in [6, 6.07) is 9.63. The maximum absolute atomic E-state index is 13.0. The second-order valence-electron chi connectivity index (χ2n) is 5.70. The van der Waals surface area contributed by atoms with Crippen LogP contribution in [0.1, 0.15) is 15.9 Å². The fourth-order valence-electron chi connectivity index (χ4n) is 2.44. The van der Waals surface area contributed by atoms with Crippen LogP contribution < -0.4 is 0 Å². The molecule has 0 aliphatic heterocycles. The van der Waals surface area contributed by atoms with Crippen LogP contribution in [-0.4, -0.2) is 52.3 Å². The van der Waals surface area contributed by atoms with E-state index >= 15 is 0 Å². The molecule has 0 unspecified atom stereocenters. The summed E-state index contributed by atoms with van der Waals surface area (Å²) in [6.45, 7) is -0.598. The summed E-state index contributed by atoms with van der Waals surface area (Å²) in [5, 5.41) is 9.10. The Hall–Kier alpha value is -2.32. The van der Waals surface area contributed by atoms with Crippen molar-refractivity contribution in [1.82, 2.24) is 14.9 Å². The number of hydrogen-bond acceptors (Lipinski definition) is 5. The monoisotopic (exact) mass is 439 g/mol. The van der Waals surface area contributed by atoms with Gasteiger partial charge < -0.3 is 14.7 Å². The summed E-state index contributed by atoms with van der Waals surface area (Å²) in [4.78, 5) is 21.6. The van der Waals surface area contributed by atoms with Gasteiger partial charge in [-0.05, 0) is 17.7 Å². The van der Waals surface area contributed by atoms with E-state index in [9.17, 15) is 14.3 Å². The third-order valence-electron chi connectivity index (χ3n) is 3.75. The van der Waals surface area contributed by atoms with E-state index in [1.807, 2.05) is 30.3 Å². The normalized spacial score (nSPS) is 11.8. The molecule has 0 saturated heterocycles. The minimum Gasteiger partial charge on any atom is -0.395 e. The van der Waals surface area contributed by atoms with Gasteiger partial charge in [-0.25, -0.2) is 14.4 Å². The Kier molecular flexibility index (Phi) is 9.73. The molecule has 0 saturated carbocycles. The van der Waals surface area contributed by atoms with E-state index in [-0.39, 0.29) is 41.3 Å². The number of nitrogens with zero attached hydrogens (tertiary/aromatic N) is 3. The molecule has 1 amide bonds. The van der Waals surface area contributed by atoms with Gasteiger partial charge in [0.2, 0.25) is 0 Å². The molecule has 9 heteroatoms. The zero-order valence-electron chi connectivity index (χ0n) is 15.5. The molecule has 0 atom stereocenters. The highest BCUT2D eigenvalue weighted by atomic mass is 35.5. The number of aliphatic hydroxyl groups is 1. The van der Waals surface area contributed by atoms with Crippen LogP contribution >= 0.6 is 23.2 Å². The molecule has 6 nitrogen and oxygen atoms in total. The topological polar surface area (TPSA) is 75.6 Å². The van der Waals surface area contributed by atoms with Crippen LogP contribution in [0.2, 0.25) is 10.3 Å². The average Bonchev–Trinajstić information content (AvgIpc) is 2.71. The van der Waals surface area contributed by atoms with Gasteiger partial charge in [0.05, 0.1) is 19.8 Å². The minimum absolute atomic E-state index is 0.0958. The minimum atomic E-state index is -0.813. The summed E-state index contributed by atoms with van der Waals surface area (Å²) >= 11 is 12.0. The number of ether oxygens (including phenoxy) is 1. The van der Waals surface area contributed by atoms with Crippen LogP contribution in [0.25, 0.3) is 0 Å². The molecule has 0 aliphatic rings. The third-order valence-corrected chi connectivity index (χ3v) is 4.32. The van der Waals surface area contributed by atoms with Gasteiger partial charge in [0.1, 0.15) is 28.9 Å². The Balaban J connectivity index is 2.12. The zero-order chi connectivity index (χ0) is 21.1. The van der Waals surface area contributed by atoms with E-state index in [0.717, 1.165) is 16.8 Å². The van der Waals surface area contributed by atoms with Crippen LogP contribution in [0.4, 0.5) is 4.39 Å². The number of hydrogen-bond donors (Lipinski definition) is 1. The van der Waals surface area contributed by atoms with Crippen molar-refractivity contribution in [1.29, 1.82) is 0 Å². The zero-order valence-corrected chi connectivity index (χ0v) is 17.0. The lowest BCUT2D eigenvalue weighted by atomic mass is 10.2. The number of allylic oxidation sites excluding steroid dienone is 2. The SMILES string of the molecule is O=C(c1c(Cl)ncnc1Cl)N(CCO)C(/C=C\COCc1ccccc1)=C/CF. The lowest BCUT2D eigenvalue weighted by molar-refractivity contribution is 0.0783. The fraction of sp³-hybridized carbons (Fsp3) is 0.250. The predicted molar refractivity (Wildman–Crippen MR) is 109 cm³/mol. The molecule has 0 aliphatic carbocycles. The first-order valence-electron chi connectivity index (χ1n) is 8.71. The van der Waals surface area contributed by atoms with Crippen molar-refractivity contribution in [3.63, 3.8) is 0 Å². The molecule has 154 valence electrons. The van der Waals surface area contributed by atoms with Crippen molar-refractivity contribution in [2.45, 2.75) is 6.61 Å². The summed E-state index contributed by atoms with van der Waals surface area (Å²) in [5.74, 6) is -0.649. The Morgan fingerprint density at radius 1 is 1.21 bits per heavy atom. The maximum atomic E-state index is 13.0. The third kappa shape index (κ3) is 6.90. The largest absolute Gasteiger partial charge is 0.395 e. The van der Waals surface area contributed by atoms with Crippen molar-refractivity contribution >= 4 is 29.1 Å². The number of amides is 1. The molecule has 2 rings (SSSR count). The first kappa shape index (κ1) is 23.0.